The maximum Gasteiger partial charge on any atom is 0.208 e. The van der Waals surface area contributed by atoms with Crippen molar-refractivity contribution in [3.05, 3.63) is 72.1 Å². The molecule has 0 saturated heterocycles. The standard InChI is InChI=1S/C23H26N8O/c1-15(16-7-5-4-6-8-16)27-20-19-21(25-13-24-20)29-30-22(19)28-18-11-9-17(10-12-18)23(26-14-32)31(2)3/h4-15,23H,1-3H3,(H,26,32)(H3,24,25,27,28,29,30). The predicted octanol–water partition coefficient (Wildman–Crippen LogP) is 3.58. The van der Waals surface area contributed by atoms with Crippen molar-refractivity contribution in [3.63, 3.8) is 0 Å². The Hall–Kier alpha value is -3.98. The normalized spacial score (nSPS) is 13.0. The molecule has 2 unspecified atom stereocenters. The van der Waals surface area contributed by atoms with E-state index in [1.165, 1.54) is 6.33 Å². The van der Waals surface area contributed by atoms with Crippen molar-refractivity contribution in [2.75, 3.05) is 24.7 Å². The van der Waals surface area contributed by atoms with Gasteiger partial charge in [-0.3, -0.25) is 14.8 Å². The van der Waals surface area contributed by atoms with E-state index in [0.717, 1.165) is 22.2 Å². The molecule has 1 amide bonds. The van der Waals surface area contributed by atoms with Gasteiger partial charge in [0.1, 0.15) is 23.7 Å². The summed E-state index contributed by atoms with van der Waals surface area (Å²) in [5.74, 6) is 1.33. The van der Waals surface area contributed by atoms with Gasteiger partial charge in [-0.05, 0) is 44.3 Å². The van der Waals surface area contributed by atoms with E-state index < -0.39 is 0 Å². The Morgan fingerprint density at radius 1 is 0.969 bits per heavy atom. The molecule has 0 saturated carbocycles. The summed E-state index contributed by atoms with van der Waals surface area (Å²) in [6.45, 7) is 2.09. The lowest BCUT2D eigenvalue weighted by Crippen LogP contribution is -2.32. The highest BCUT2D eigenvalue weighted by Gasteiger charge is 2.16. The van der Waals surface area contributed by atoms with Gasteiger partial charge in [0.2, 0.25) is 6.41 Å². The molecule has 9 nitrogen and oxygen atoms in total. The van der Waals surface area contributed by atoms with E-state index in [1.807, 2.05) is 61.5 Å². The molecule has 0 aliphatic heterocycles. The van der Waals surface area contributed by atoms with Crippen molar-refractivity contribution in [2.24, 2.45) is 0 Å². The van der Waals surface area contributed by atoms with Crippen molar-refractivity contribution >= 4 is 34.8 Å². The van der Waals surface area contributed by atoms with Gasteiger partial charge in [0, 0.05) is 11.7 Å². The van der Waals surface area contributed by atoms with Crippen LogP contribution in [0.5, 0.6) is 0 Å². The minimum atomic E-state index is -0.198. The van der Waals surface area contributed by atoms with Gasteiger partial charge in [-0.25, -0.2) is 9.97 Å². The minimum absolute atomic E-state index is 0.0598. The maximum atomic E-state index is 10.9. The van der Waals surface area contributed by atoms with E-state index in [1.54, 1.807) is 0 Å². The van der Waals surface area contributed by atoms with Crippen molar-refractivity contribution in [3.8, 4) is 0 Å². The van der Waals surface area contributed by atoms with Crippen LogP contribution in [0.2, 0.25) is 0 Å². The fourth-order valence-corrected chi connectivity index (χ4v) is 3.58. The van der Waals surface area contributed by atoms with Crippen molar-refractivity contribution in [2.45, 2.75) is 19.1 Å². The third-order valence-electron chi connectivity index (χ3n) is 5.24. The summed E-state index contributed by atoms with van der Waals surface area (Å²) in [6, 6.07) is 18.1. The second kappa shape index (κ2) is 9.44. The highest BCUT2D eigenvalue weighted by molar-refractivity contribution is 5.97. The third kappa shape index (κ3) is 4.52. The molecular formula is C23H26N8O. The molecule has 0 aliphatic rings. The van der Waals surface area contributed by atoms with Crippen LogP contribution in [0.1, 0.15) is 30.3 Å². The molecule has 0 radical (unpaired) electrons. The molecule has 4 N–H and O–H groups in total. The van der Waals surface area contributed by atoms with Crippen LogP contribution in [0, 0.1) is 0 Å². The van der Waals surface area contributed by atoms with Crippen LogP contribution < -0.4 is 16.0 Å². The first-order valence-electron chi connectivity index (χ1n) is 10.3. The lowest BCUT2D eigenvalue weighted by molar-refractivity contribution is -0.111. The Morgan fingerprint density at radius 3 is 2.41 bits per heavy atom. The molecule has 4 aromatic rings. The van der Waals surface area contributed by atoms with Gasteiger partial charge in [-0.15, -0.1) is 0 Å². The fourth-order valence-electron chi connectivity index (χ4n) is 3.58. The van der Waals surface area contributed by atoms with Crippen molar-refractivity contribution in [1.82, 2.24) is 30.4 Å². The number of H-pyrrole nitrogens is 1. The number of anilines is 3. The summed E-state index contributed by atoms with van der Waals surface area (Å²) < 4.78 is 0. The largest absolute Gasteiger partial charge is 0.363 e. The summed E-state index contributed by atoms with van der Waals surface area (Å²) >= 11 is 0. The summed E-state index contributed by atoms with van der Waals surface area (Å²) in [7, 11) is 3.82. The molecule has 4 rings (SSSR count). The van der Waals surface area contributed by atoms with Crippen LogP contribution in [0.4, 0.5) is 17.3 Å². The smallest absolute Gasteiger partial charge is 0.208 e. The number of rotatable bonds is 9. The molecule has 0 spiro atoms. The van der Waals surface area contributed by atoms with E-state index in [-0.39, 0.29) is 12.2 Å². The first kappa shape index (κ1) is 21.3. The molecule has 2 atom stereocenters. The number of benzene rings is 2. The summed E-state index contributed by atoms with van der Waals surface area (Å²) in [6.07, 6.45) is 2.02. The maximum absolute atomic E-state index is 10.9. The number of aromatic nitrogens is 4. The number of aromatic amines is 1. The first-order chi connectivity index (χ1) is 15.6. The predicted molar refractivity (Wildman–Crippen MR) is 126 cm³/mol. The first-order valence-corrected chi connectivity index (χ1v) is 10.3. The van der Waals surface area contributed by atoms with Gasteiger partial charge in [0.05, 0.1) is 0 Å². The van der Waals surface area contributed by atoms with Crippen molar-refractivity contribution in [1.29, 1.82) is 0 Å². The van der Waals surface area contributed by atoms with Gasteiger partial charge in [0.15, 0.2) is 11.5 Å². The molecule has 2 aromatic carbocycles. The number of carbonyl (C=O) groups is 1. The second-order valence-corrected chi connectivity index (χ2v) is 7.69. The van der Waals surface area contributed by atoms with Gasteiger partial charge in [-0.1, -0.05) is 42.5 Å². The zero-order valence-electron chi connectivity index (χ0n) is 18.2. The number of nitrogens with one attached hydrogen (secondary N) is 4. The number of hydrogen-bond acceptors (Lipinski definition) is 7. The highest BCUT2D eigenvalue weighted by atomic mass is 16.1. The zero-order chi connectivity index (χ0) is 22.5. The summed E-state index contributed by atoms with van der Waals surface area (Å²) in [5, 5.41) is 17.8. The van der Waals surface area contributed by atoms with E-state index in [0.29, 0.717) is 23.7 Å². The van der Waals surface area contributed by atoms with Gasteiger partial charge < -0.3 is 16.0 Å². The Balaban J connectivity index is 1.58. The van der Waals surface area contributed by atoms with E-state index >= 15 is 0 Å². The molecule has 32 heavy (non-hydrogen) atoms. The Bertz CT molecular complexity index is 1170. The average Bonchev–Trinajstić information content (AvgIpc) is 3.22. The Kier molecular flexibility index (Phi) is 6.27. The lowest BCUT2D eigenvalue weighted by Gasteiger charge is -2.24. The van der Waals surface area contributed by atoms with Crippen LogP contribution in [0.15, 0.2) is 60.9 Å². The fraction of sp³-hybridized carbons (Fsp3) is 0.217. The molecular weight excluding hydrogens is 404 g/mol. The van der Waals surface area contributed by atoms with E-state index in [4.69, 9.17) is 0 Å². The molecule has 0 bridgehead atoms. The number of nitrogens with zero attached hydrogens (tertiary/aromatic N) is 4. The van der Waals surface area contributed by atoms with Crippen LogP contribution in [-0.2, 0) is 4.79 Å². The Morgan fingerprint density at radius 2 is 1.72 bits per heavy atom. The Labute approximate surface area is 186 Å². The number of hydrogen-bond donors (Lipinski definition) is 4. The topological polar surface area (TPSA) is 111 Å². The van der Waals surface area contributed by atoms with Crippen molar-refractivity contribution < 1.29 is 4.79 Å². The molecule has 9 heteroatoms. The van der Waals surface area contributed by atoms with Gasteiger partial charge in [-0.2, -0.15) is 5.10 Å². The van der Waals surface area contributed by atoms with Gasteiger partial charge in [0.25, 0.3) is 0 Å². The monoisotopic (exact) mass is 430 g/mol. The highest BCUT2D eigenvalue weighted by Crippen LogP contribution is 2.30. The number of amides is 1. The molecule has 0 aliphatic carbocycles. The number of fused-ring (bicyclic) bond motifs is 1. The minimum Gasteiger partial charge on any atom is -0.363 e. The summed E-state index contributed by atoms with van der Waals surface area (Å²) in [4.78, 5) is 21.6. The quantitative estimate of drug-likeness (QED) is 0.237. The van der Waals surface area contributed by atoms with Crippen LogP contribution in [-0.4, -0.2) is 45.6 Å². The molecule has 164 valence electrons. The number of carbonyl (C=O) groups excluding carboxylic acids is 1. The van der Waals surface area contributed by atoms with Gasteiger partial charge >= 0.3 is 0 Å². The van der Waals surface area contributed by atoms with Crippen LogP contribution >= 0.6 is 0 Å². The zero-order valence-corrected chi connectivity index (χ0v) is 18.2. The SMILES string of the molecule is CC(Nc1ncnc2[nH]nc(Nc3ccc(C(NC=O)N(C)C)cc3)c12)c1ccccc1. The van der Waals surface area contributed by atoms with Crippen LogP contribution in [0.3, 0.4) is 0 Å². The molecule has 2 aromatic heterocycles. The molecule has 2 heterocycles. The second-order valence-electron chi connectivity index (χ2n) is 7.69. The van der Waals surface area contributed by atoms with Crippen LogP contribution in [0.25, 0.3) is 11.0 Å². The summed E-state index contributed by atoms with van der Waals surface area (Å²) in [5.41, 5.74) is 3.63. The van der Waals surface area contributed by atoms with E-state index in [2.05, 4.69) is 55.2 Å². The molecule has 0 fully saturated rings. The lowest BCUT2D eigenvalue weighted by atomic mass is 10.1. The third-order valence-corrected chi connectivity index (χ3v) is 5.24. The average molecular weight is 431 g/mol. The van der Waals surface area contributed by atoms with E-state index in [9.17, 15) is 4.79 Å².